The second kappa shape index (κ2) is 5.24. The van der Waals surface area contributed by atoms with Crippen molar-refractivity contribution in [3.8, 4) is 0 Å². The molecule has 0 radical (unpaired) electrons. The molecule has 0 bridgehead atoms. The third-order valence-corrected chi connectivity index (χ3v) is 4.59. The molecule has 2 rings (SSSR count). The lowest BCUT2D eigenvalue weighted by Crippen LogP contribution is -2.10. The summed E-state index contributed by atoms with van der Waals surface area (Å²) in [6.45, 7) is 6.51. The molecule has 0 aliphatic rings. The highest BCUT2D eigenvalue weighted by Gasteiger charge is 2.18. The molecule has 0 aromatic carbocycles. The molecular formula is C12H16N4S2. The summed E-state index contributed by atoms with van der Waals surface area (Å²) in [7, 11) is 0. The van der Waals surface area contributed by atoms with Gasteiger partial charge in [-0.1, -0.05) is 32.5 Å². The standard InChI is InChI=1S/C12H16N4S2/c1-12(2,3)11-16-8(7-18-11)6-17-10-9(13)14-4-5-15-10/h4-5,7H,6H2,1-3H3,(H2,13,14). The van der Waals surface area contributed by atoms with E-state index < -0.39 is 0 Å². The van der Waals surface area contributed by atoms with Crippen molar-refractivity contribution in [2.75, 3.05) is 5.73 Å². The molecule has 0 spiro atoms. The van der Waals surface area contributed by atoms with Crippen LogP contribution in [0.2, 0.25) is 0 Å². The highest BCUT2D eigenvalue weighted by atomic mass is 32.2. The van der Waals surface area contributed by atoms with Crippen molar-refractivity contribution in [2.24, 2.45) is 0 Å². The van der Waals surface area contributed by atoms with E-state index in [0.29, 0.717) is 5.82 Å². The van der Waals surface area contributed by atoms with Crippen molar-refractivity contribution in [1.82, 2.24) is 15.0 Å². The normalized spacial score (nSPS) is 11.7. The summed E-state index contributed by atoms with van der Waals surface area (Å²) in [5.74, 6) is 1.25. The molecule has 2 aromatic rings. The molecule has 18 heavy (non-hydrogen) atoms. The molecule has 4 nitrogen and oxygen atoms in total. The van der Waals surface area contributed by atoms with Crippen LogP contribution in [0.1, 0.15) is 31.5 Å². The van der Waals surface area contributed by atoms with Gasteiger partial charge in [0.25, 0.3) is 0 Å². The molecule has 2 N–H and O–H groups in total. The van der Waals surface area contributed by atoms with E-state index in [1.807, 2.05) is 0 Å². The van der Waals surface area contributed by atoms with Crippen molar-refractivity contribution >= 4 is 28.9 Å². The third kappa shape index (κ3) is 3.20. The summed E-state index contributed by atoms with van der Waals surface area (Å²) in [4.78, 5) is 12.8. The van der Waals surface area contributed by atoms with Gasteiger partial charge in [-0.2, -0.15) is 0 Å². The number of aromatic nitrogens is 3. The lowest BCUT2D eigenvalue weighted by atomic mass is 9.98. The van der Waals surface area contributed by atoms with Gasteiger partial charge >= 0.3 is 0 Å². The van der Waals surface area contributed by atoms with Crippen molar-refractivity contribution in [1.29, 1.82) is 0 Å². The number of nitrogen functional groups attached to an aromatic ring is 1. The van der Waals surface area contributed by atoms with E-state index in [1.54, 1.807) is 35.5 Å². The molecule has 2 heterocycles. The van der Waals surface area contributed by atoms with E-state index in [0.717, 1.165) is 21.5 Å². The van der Waals surface area contributed by atoms with E-state index in [-0.39, 0.29) is 5.41 Å². The number of hydrogen-bond donors (Lipinski definition) is 1. The first-order valence-corrected chi connectivity index (χ1v) is 7.47. The Bertz CT molecular complexity index is 531. The van der Waals surface area contributed by atoms with Gasteiger partial charge < -0.3 is 5.73 Å². The van der Waals surface area contributed by atoms with Gasteiger partial charge in [-0.3, -0.25) is 0 Å². The zero-order valence-corrected chi connectivity index (χ0v) is 12.3. The second-order valence-corrected chi connectivity index (χ2v) is 6.75. The number of nitrogens with zero attached hydrogens (tertiary/aromatic N) is 3. The fourth-order valence-electron chi connectivity index (χ4n) is 1.31. The van der Waals surface area contributed by atoms with Gasteiger partial charge in [-0.15, -0.1) is 11.3 Å². The first-order chi connectivity index (χ1) is 8.47. The number of thiazole rings is 1. The Morgan fingerprint density at radius 3 is 2.61 bits per heavy atom. The summed E-state index contributed by atoms with van der Waals surface area (Å²) in [5, 5.41) is 4.02. The van der Waals surface area contributed by atoms with Crippen LogP contribution in [-0.4, -0.2) is 15.0 Å². The minimum atomic E-state index is 0.110. The molecule has 0 aliphatic heterocycles. The van der Waals surface area contributed by atoms with E-state index in [9.17, 15) is 0 Å². The summed E-state index contributed by atoms with van der Waals surface area (Å²) < 4.78 is 0. The number of rotatable bonds is 3. The van der Waals surface area contributed by atoms with Crippen molar-refractivity contribution < 1.29 is 0 Å². The van der Waals surface area contributed by atoms with Crippen LogP contribution in [0, 0.1) is 0 Å². The molecule has 0 saturated heterocycles. The maximum absolute atomic E-state index is 5.75. The van der Waals surface area contributed by atoms with Crippen LogP contribution in [0.5, 0.6) is 0 Å². The summed E-state index contributed by atoms with van der Waals surface area (Å²) in [6, 6.07) is 0. The molecule has 0 unspecified atom stereocenters. The molecule has 0 fully saturated rings. The smallest absolute Gasteiger partial charge is 0.156 e. The fraction of sp³-hybridized carbons (Fsp3) is 0.417. The van der Waals surface area contributed by atoms with Gasteiger partial charge in [-0.05, 0) is 0 Å². The largest absolute Gasteiger partial charge is 0.381 e. The lowest BCUT2D eigenvalue weighted by Gasteiger charge is -2.13. The maximum Gasteiger partial charge on any atom is 0.156 e. The number of anilines is 1. The Balaban J connectivity index is 2.03. The van der Waals surface area contributed by atoms with Crippen molar-refractivity contribution in [3.05, 3.63) is 28.5 Å². The van der Waals surface area contributed by atoms with Crippen LogP contribution >= 0.6 is 23.1 Å². The van der Waals surface area contributed by atoms with Gasteiger partial charge in [-0.25, -0.2) is 15.0 Å². The van der Waals surface area contributed by atoms with Gasteiger partial charge in [0.2, 0.25) is 0 Å². The Kier molecular flexibility index (Phi) is 3.87. The highest BCUT2D eigenvalue weighted by molar-refractivity contribution is 7.98. The molecule has 0 aliphatic carbocycles. The first-order valence-electron chi connectivity index (χ1n) is 5.61. The summed E-state index contributed by atoms with van der Waals surface area (Å²) in [6.07, 6.45) is 3.25. The zero-order valence-electron chi connectivity index (χ0n) is 10.7. The number of nitrogens with two attached hydrogens (primary N) is 1. The summed E-state index contributed by atoms with van der Waals surface area (Å²) in [5.41, 5.74) is 6.93. The molecule has 0 saturated carbocycles. The Morgan fingerprint density at radius 2 is 2.00 bits per heavy atom. The Morgan fingerprint density at radius 1 is 1.28 bits per heavy atom. The minimum Gasteiger partial charge on any atom is -0.381 e. The van der Waals surface area contributed by atoms with Crippen molar-refractivity contribution in [2.45, 2.75) is 37.0 Å². The van der Waals surface area contributed by atoms with Crippen molar-refractivity contribution in [3.63, 3.8) is 0 Å². The van der Waals surface area contributed by atoms with Gasteiger partial charge in [0, 0.05) is 28.9 Å². The van der Waals surface area contributed by atoms with Crippen LogP contribution in [0.25, 0.3) is 0 Å². The molecule has 0 amide bonds. The molecule has 96 valence electrons. The van der Waals surface area contributed by atoms with E-state index in [2.05, 4.69) is 41.1 Å². The summed E-state index contributed by atoms with van der Waals surface area (Å²) >= 11 is 3.27. The van der Waals surface area contributed by atoms with Crippen LogP contribution < -0.4 is 5.73 Å². The molecular weight excluding hydrogens is 264 g/mol. The average Bonchev–Trinajstić information content (AvgIpc) is 2.76. The Labute approximate surface area is 115 Å². The molecule has 0 atom stereocenters. The monoisotopic (exact) mass is 280 g/mol. The average molecular weight is 280 g/mol. The van der Waals surface area contributed by atoms with Gasteiger partial charge in [0.1, 0.15) is 5.03 Å². The topological polar surface area (TPSA) is 64.7 Å². The van der Waals surface area contributed by atoms with Crippen LogP contribution in [0.3, 0.4) is 0 Å². The predicted molar refractivity (Wildman–Crippen MR) is 76.8 cm³/mol. The SMILES string of the molecule is CC(C)(C)c1nc(CSc2nccnc2N)cs1. The maximum atomic E-state index is 5.75. The van der Waals surface area contributed by atoms with E-state index in [4.69, 9.17) is 5.73 Å². The van der Waals surface area contributed by atoms with Crippen LogP contribution in [0.15, 0.2) is 22.8 Å². The predicted octanol–water partition coefficient (Wildman–Crippen LogP) is 3.11. The van der Waals surface area contributed by atoms with Crippen LogP contribution in [0.4, 0.5) is 5.82 Å². The minimum absolute atomic E-state index is 0.110. The Hall–Kier alpha value is -1.14. The fourth-order valence-corrected chi connectivity index (χ4v) is 3.09. The van der Waals surface area contributed by atoms with E-state index in [1.165, 1.54) is 0 Å². The lowest BCUT2D eigenvalue weighted by molar-refractivity contribution is 0.584. The third-order valence-electron chi connectivity index (χ3n) is 2.24. The zero-order chi connectivity index (χ0) is 13.2. The molecule has 6 heteroatoms. The number of thioether (sulfide) groups is 1. The van der Waals surface area contributed by atoms with Gasteiger partial charge in [0.05, 0.1) is 10.7 Å². The van der Waals surface area contributed by atoms with E-state index >= 15 is 0 Å². The first kappa shape index (κ1) is 13.3. The highest BCUT2D eigenvalue weighted by Crippen LogP contribution is 2.29. The van der Waals surface area contributed by atoms with Crippen LogP contribution in [-0.2, 0) is 11.2 Å². The quantitative estimate of drug-likeness (QED) is 0.875. The molecule has 2 aromatic heterocycles. The second-order valence-electron chi connectivity index (χ2n) is 4.93. The van der Waals surface area contributed by atoms with Gasteiger partial charge in [0.15, 0.2) is 5.82 Å². The number of hydrogen-bond acceptors (Lipinski definition) is 6.